The molecule has 13 heavy (non-hydrogen) atoms. The van der Waals surface area contributed by atoms with Crippen LogP contribution in [0.25, 0.3) is 0 Å². The van der Waals surface area contributed by atoms with Gasteiger partial charge in [-0.15, -0.1) is 11.6 Å². The minimum absolute atomic E-state index is 0.0417. The molecule has 0 aromatic heterocycles. The summed E-state index contributed by atoms with van der Waals surface area (Å²) < 4.78 is 5.40. The molecular formula is C9H7Cl3O. The van der Waals surface area contributed by atoms with Crippen LogP contribution in [0, 0.1) is 0 Å². The Balaban J connectivity index is 2.56. The summed E-state index contributed by atoms with van der Waals surface area (Å²) in [4.78, 5) is 0. The number of hydrogen-bond acceptors (Lipinski definition) is 1. The maximum Gasteiger partial charge on any atom is 0.142 e. The van der Waals surface area contributed by atoms with Crippen molar-refractivity contribution in [3.63, 3.8) is 0 Å². The van der Waals surface area contributed by atoms with Crippen LogP contribution < -0.4 is 4.74 Å². The van der Waals surface area contributed by atoms with Crippen LogP contribution in [0.4, 0.5) is 0 Å². The van der Waals surface area contributed by atoms with Crippen molar-refractivity contribution in [3.8, 4) is 5.75 Å². The molecule has 0 fully saturated rings. The van der Waals surface area contributed by atoms with Gasteiger partial charge in [0.05, 0.1) is 17.0 Å². The number of fused-ring (bicyclic) bond motifs is 1. The highest BCUT2D eigenvalue weighted by Crippen LogP contribution is 2.42. The Bertz CT molecular complexity index is 338. The predicted octanol–water partition coefficient (Wildman–Crippen LogP) is 4.06. The molecule has 4 heteroatoms. The highest BCUT2D eigenvalue weighted by molar-refractivity contribution is 6.36. The van der Waals surface area contributed by atoms with E-state index >= 15 is 0 Å². The molecule has 0 spiro atoms. The van der Waals surface area contributed by atoms with Crippen LogP contribution in [-0.4, -0.2) is 6.61 Å². The number of ether oxygens (including phenoxy) is 1. The van der Waals surface area contributed by atoms with Gasteiger partial charge in [-0.2, -0.15) is 0 Å². The zero-order valence-corrected chi connectivity index (χ0v) is 8.96. The Labute approximate surface area is 91.5 Å². The van der Waals surface area contributed by atoms with Crippen molar-refractivity contribution in [2.24, 2.45) is 0 Å². The van der Waals surface area contributed by atoms with Crippen LogP contribution in [0.5, 0.6) is 5.75 Å². The molecule has 1 aromatic rings. The smallest absolute Gasteiger partial charge is 0.142 e. The van der Waals surface area contributed by atoms with Crippen LogP contribution in [-0.2, 0) is 0 Å². The highest BCUT2D eigenvalue weighted by atomic mass is 35.5. The second-order valence-electron chi connectivity index (χ2n) is 2.91. The second-order valence-corrected chi connectivity index (χ2v) is 4.28. The normalized spacial score (nSPS) is 20.7. The molecule has 0 bridgehead atoms. The average Bonchev–Trinajstić information content (AvgIpc) is 2.07. The van der Waals surface area contributed by atoms with Gasteiger partial charge in [-0.1, -0.05) is 23.2 Å². The fourth-order valence-electron chi connectivity index (χ4n) is 1.39. The summed E-state index contributed by atoms with van der Waals surface area (Å²) >= 11 is 17.9. The van der Waals surface area contributed by atoms with Crippen LogP contribution in [0.2, 0.25) is 10.0 Å². The summed E-state index contributed by atoms with van der Waals surface area (Å²) in [6.07, 6.45) is 0.797. The molecule has 70 valence electrons. The largest absolute Gasteiger partial charge is 0.492 e. The highest BCUT2D eigenvalue weighted by Gasteiger charge is 2.22. The first kappa shape index (κ1) is 9.45. The third kappa shape index (κ3) is 1.74. The van der Waals surface area contributed by atoms with Gasteiger partial charge in [-0.25, -0.2) is 0 Å². The molecule has 0 saturated carbocycles. The molecule has 2 rings (SSSR count). The van der Waals surface area contributed by atoms with E-state index in [-0.39, 0.29) is 5.38 Å². The van der Waals surface area contributed by atoms with E-state index in [0.717, 1.165) is 12.0 Å². The molecule has 0 aliphatic carbocycles. The van der Waals surface area contributed by atoms with Crippen molar-refractivity contribution in [1.29, 1.82) is 0 Å². The van der Waals surface area contributed by atoms with Crippen LogP contribution in [0.1, 0.15) is 17.4 Å². The van der Waals surface area contributed by atoms with Gasteiger partial charge in [0.1, 0.15) is 5.75 Å². The first-order valence-corrected chi connectivity index (χ1v) is 5.13. The van der Waals surface area contributed by atoms with Crippen molar-refractivity contribution in [2.75, 3.05) is 6.61 Å². The molecule has 1 aliphatic rings. The lowest BCUT2D eigenvalue weighted by atomic mass is 10.1. The number of rotatable bonds is 0. The van der Waals surface area contributed by atoms with Crippen molar-refractivity contribution in [2.45, 2.75) is 11.8 Å². The Morgan fingerprint density at radius 2 is 2.08 bits per heavy atom. The Morgan fingerprint density at radius 1 is 1.31 bits per heavy atom. The van der Waals surface area contributed by atoms with Crippen LogP contribution in [0.3, 0.4) is 0 Å². The summed E-state index contributed by atoms with van der Waals surface area (Å²) in [5.74, 6) is 0.678. The van der Waals surface area contributed by atoms with E-state index in [1.807, 2.05) is 0 Å². The van der Waals surface area contributed by atoms with E-state index in [0.29, 0.717) is 22.4 Å². The van der Waals surface area contributed by atoms with E-state index in [1.54, 1.807) is 12.1 Å². The third-order valence-corrected chi connectivity index (χ3v) is 2.94. The van der Waals surface area contributed by atoms with Crippen molar-refractivity contribution < 1.29 is 4.74 Å². The molecule has 1 heterocycles. The average molecular weight is 238 g/mol. The molecule has 1 unspecified atom stereocenters. The standard InChI is InChI=1S/C9H7Cl3O/c10-5-3-6-7(11)1-2-13-9(6)8(12)4-5/h3-4,7H,1-2H2. The minimum atomic E-state index is -0.0417. The van der Waals surface area contributed by atoms with Crippen LogP contribution >= 0.6 is 34.8 Å². The van der Waals surface area contributed by atoms with Crippen molar-refractivity contribution in [3.05, 3.63) is 27.7 Å². The molecular weight excluding hydrogens is 230 g/mol. The molecule has 1 aliphatic heterocycles. The lowest BCUT2D eigenvalue weighted by Gasteiger charge is -2.22. The van der Waals surface area contributed by atoms with Gasteiger partial charge >= 0.3 is 0 Å². The van der Waals surface area contributed by atoms with Gasteiger partial charge < -0.3 is 4.74 Å². The van der Waals surface area contributed by atoms with Crippen molar-refractivity contribution >= 4 is 34.8 Å². The lowest BCUT2D eigenvalue weighted by Crippen LogP contribution is -2.10. The fourth-order valence-corrected chi connectivity index (χ4v) is 2.20. The fraction of sp³-hybridized carbons (Fsp3) is 0.333. The Kier molecular flexibility index (Phi) is 2.59. The minimum Gasteiger partial charge on any atom is -0.492 e. The molecule has 1 atom stereocenters. The van der Waals surface area contributed by atoms with Gasteiger partial charge in [-0.05, 0) is 12.1 Å². The zero-order valence-electron chi connectivity index (χ0n) is 6.69. The maximum atomic E-state index is 6.09. The summed E-state index contributed by atoms with van der Waals surface area (Å²) in [7, 11) is 0. The first-order valence-electron chi connectivity index (χ1n) is 3.94. The third-order valence-electron chi connectivity index (χ3n) is 1.99. The molecule has 1 aromatic carbocycles. The summed E-state index contributed by atoms with van der Waals surface area (Å²) in [5, 5.41) is 1.09. The summed E-state index contributed by atoms with van der Waals surface area (Å²) in [6.45, 7) is 0.614. The monoisotopic (exact) mass is 236 g/mol. The van der Waals surface area contributed by atoms with E-state index in [9.17, 15) is 0 Å². The zero-order chi connectivity index (χ0) is 9.42. The Hall–Kier alpha value is -0.110. The molecule has 0 amide bonds. The van der Waals surface area contributed by atoms with Gasteiger partial charge in [0.25, 0.3) is 0 Å². The van der Waals surface area contributed by atoms with Gasteiger partial charge in [-0.3, -0.25) is 0 Å². The van der Waals surface area contributed by atoms with E-state index < -0.39 is 0 Å². The lowest BCUT2D eigenvalue weighted by molar-refractivity contribution is 0.285. The first-order chi connectivity index (χ1) is 6.18. The van der Waals surface area contributed by atoms with E-state index in [2.05, 4.69) is 0 Å². The number of alkyl halides is 1. The molecule has 0 saturated heterocycles. The van der Waals surface area contributed by atoms with E-state index in [1.165, 1.54) is 0 Å². The molecule has 1 nitrogen and oxygen atoms in total. The molecule has 0 radical (unpaired) electrons. The molecule has 0 N–H and O–H groups in total. The topological polar surface area (TPSA) is 9.23 Å². The van der Waals surface area contributed by atoms with Gasteiger partial charge in [0.15, 0.2) is 0 Å². The maximum absolute atomic E-state index is 6.09. The SMILES string of the molecule is Clc1cc(Cl)c2c(c1)C(Cl)CCO2. The predicted molar refractivity (Wildman–Crippen MR) is 55.2 cm³/mol. The summed E-state index contributed by atoms with van der Waals surface area (Å²) in [5.41, 5.74) is 0.894. The number of hydrogen-bond donors (Lipinski definition) is 0. The van der Waals surface area contributed by atoms with Gasteiger partial charge in [0, 0.05) is 17.0 Å². The Morgan fingerprint density at radius 3 is 2.85 bits per heavy atom. The number of benzene rings is 1. The second kappa shape index (κ2) is 3.56. The summed E-state index contributed by atoms with van der Waals surface area (Å²) in [6, 6.07) is 3.47. The van der Waals surface area contributed by atoms with Crippen molar-refractivity contribution in [1.82, 2.24) is 0 Å². The van der Waals surface area contributed by atoms with Crippen LogP contribution in [0.15, 0.2) is 12.1 Å². The van der Waals surface area contributed by atoms with E-state index in [4.69, 9.17) is 39.5 Å². The quantitative estimate of drug-likeness (QED) is 0.619. The van der Waals surface area contributed by atoms with Gasteiger partial charge in [0.2, 0.25) is 0 Å². The number of halogens is 3.